The molecule has 4 atom stereocenters. The number of rotatable bonds is 11. The predicted octanol–water partition coefficient (Wildman–Crippen LogP) is 8.16. The van der Waals surface area contributed by atoms with E-state index in [9.17, 15) is 9.59 Å². The molecule has 0 bridgehead atoms. The van der Waals surface area contributed by atoms with E-state index in [1.54, 1.807) is 18.7 Å². The minimum absolute atomic E-state index is 0.114. The minimum atomic E-state index is -3.13. The number of carbonyl (C=O) groups is 2. The van der Waals surface area contributed by atoms with E-state index in [0.29, 0.717) is 24.4 Å². The molecule has 2 aromatic carbocycles. The molecule has 8 heteroatoms. The summed E-state index contributed by atoms with van der Waals surface area (Å²) in [5.74, 6) is -0.169. The Balaban J connectivity index is 2.38. The van der Waals surface area contributed by atoms with E-state index in [2.05, 4.69) is 75.4 Å². The number of carbonyl (C=O) groups excluding carboxylic acids is 2. The fourth-order valence-corrected chi connectivity index (χ4v) is 11.2. The third-order valence-electron chi connectivity index (χ3n) is 8.92. The number of benzene rings is 2. The van der Waals surface area contributed by atoms with E-state index in [0.717, 1.165) is 21.5 Å². The van der Waals surface area contributed by atoms with Crippen LogP contribution in [0.25, 0.3) is 0 Å². The zero-order chi connectivity index (χ0) is 35.5. The standard InChI is InChI=1S/C40H56O6SSi/c1-11-29(4)34-24-22-30(5)37(46-48(40(7,8)9,32-18-14-12-15-19-32)33-20-16-13-17-21-33)38(45-36(41)26-28(2)3)35(43-27-47-10)25-23-31(6)39(42)44-34/h11-23,28,34-35,37-38H,24-27H2,1-10H3/b29-11-,30-22?,31-23?. The molecule has 3 rings (SSSR count). The van der Waals surface area contributed by atoms with Crippen LogP contribution in [0.15, 0.2) is 95.6 Å². The van der Waals surface area contributed by atoms with Gasteiger partial charge in [-0.3, -0.25) is 4.79 Å². The fourth-order valence-electron chi connectivity index (χ4n) is 6.14. The van der Waals surface area contributed by atoms with Crippen molar-refractivity contribution in [2.75, 3.05) is 12.2 Å². The quantitative estimate of drug-likeness (QED) is 0.102. The topological polar surface area (TPSA) is 71.1 Å². The summed E-state index contributed by atoms with van der Waals surface area (Å²) in [6.07, 6.45) is 6.45. The molecule has 1 aliphatic heterocycles. The Morgan fingerprint density at radius 3 is 2.08 bits per heavy atom. The molecule has 2 aromatic rings. The molecule has 6 nitrogen and oxygen atoms in total. The molecule has 0 spiro atoms. The summed E-state index contributed by atoms with van der Waals surface area (Å²) in [6.45, 7) is 18.5. The maximum Gasteiger partial charge on any atom is 0.333 e. The second-order valence-electron chi connectivity index (χ2n) is 14.1. The van der Waals surface area contributed by atoms with Gasteiger partial charge < -0.3 is 18.6 Å². The van der Waals surface area contributed by atoms with Gasteiger partial charge in [-0.05, 0) is 72.8 Å². The Bertz CT molecular complexity index is 1390. The van der Waals surface area contributed by atoms with E-state index in [-0.39, 0.29) is 29.3 Å². The number of ether oxygens (including phenoxy) is 3. The molecule has 0 fully saturated rings. The summed E-state index contributed by atoms with van der Waals surface area (Å²) in [4.78, 5) is 26.9. The van der Waals surface area contributed by atoms with Crippen LogP contribution in [-0.4, -0.2) is 56.9 Å². The Morgan fingerprint density at radius 2 is 1.58 bits per heavy atom. The van der Waals surface area contributed by atoms with Crippen molar-refractivity contribution in [3.63, 3.8) is 0 Å². The maximum atomic E-state index is 13.6. The van der Waals surface area contributed by atoms with E-state index in [4.69, 9.17) is 18.6 Å². The monoisotopic (exact) mass is 692 g/mol. The smallest absolute Gasteiger partial charge is 0.333 e. The summed E-state index contributed by atoms with van der Waals surface area (Å²) in [6, 6.07) is 21.0. The van der Waals surface area contributed by atoms with Gasteiger partial charge in [0.2, 0.25) is 0 Å². The Kier molecular flexibility index (Phi) is 15.0. The second-order valence-corrected chi connectivity index (χ2v) is 19.2. The number of allylic oxidation sites excluding steroid dienone is 1. The second kappa shape index (κ2) is 18.2. The highest BCUT2D eigenvalue weighted by Crippen LogP contribution is 2.40. The van der Waals surface area contributed by atoms with Crippen LogP contribution >= 0.6 is 11.8 Å². The Morgan fingerprint density at radius 1 is 1.00 bits per heavy atom. The lowest BCUT2D eigenvalue weighted by molar-refractivity contribution is -0.164. The third-order valence-corrected chi connectivity index (χ3v) is 14.3. The van der Waals surface area contributed by atoms with Crippen LogP contribution in [-0.2, 0) is 28.2 Å². The van der Waals surface area contributed by atoms with Gasteiger partial charge in [-0.2, -0.15) is 0 Å². The number of cyclic esters (lactones) is 1. The van der Waals surface area contributed by atoms with Crippen LogP contribution in [0.4, 0.5) is 0 Å². The number of esters is 2. The van der Waals surface area contributed by atoms with Crippen LogP contribution < -0.4 is 10.4 Å². The molecule has 0 aromatic heterocycles. The van der Waals surface area contributed by atoms with Crippen molar-refractivity contribution in [1.29, 1.82) is 0 Å². The summed E-state index contributed by atoms with van der Waals surface area (Å²) < 4.78 is 26.8. The van der Waals surface area contributed by atoms with Gasteiger partial charge in [0.25, 0.3) is 8.32 Å². The Hall–Kier alpha value is -2.91. The number of thioether (sulfide) groups is 1. The lowest BCUT2D eigenvalue weighted by Gasteiger charge is -2.47. The highest BCUT2D eigenvalue weighted by molar-refractivity contribution is 7.98. The van der Waals surface area contributed by atoms with E-state index in [1.165, 1.54) is 0 Å². The summed E-state index contributed by atoms with van der Waals surface area (Å²) in [5, 5.41) is 1.94. The first-order valence-corrected chi connectivity index (χ1v) is 20.3. The number of hydrogen-bond acceptors (Lipinski definition) is 7. The van der Waals surface area contributed by atoms with E-state index >= 15 is 0 Å². The number of hydrogen-bond donors (Lipinski definition) is 0. The van der Waals surface area contributed by atoms with Crippen LogP contribution in [0.2, 0.25) is 5.04 Å². The van der Waals surface area contributed by atoms with Crippen LogP contribution in [0.5, 0.6) is 0 Å². The van der Waals surface area contributed by atoms with Crippen LogP contribution in [0.1, 0.15) is 81.6 Å². The first kappa shape index (κ1) is 39.5. The minimum Gasteiger partial charge on any atom is -0.456 e. The summed E-state index contributed by atoms with van der Waals surface area (Å²) in [7, 11) is -3.13. The average Bonchev–Trinajstić information content (AvgIpc) is 3.05. The zero-order valence-electron chi connectivity index (χ0n) is 30.6. The van der Waals surface area contributed by atoms with Gasteiger partial charge in [0.05, 0.1) is 5.94 Å². The van der Waals surface area contributed by atoms with Crippen molar-refractivity contribution in [3.05, 3.63) is 95.6 Å². The summed E-state index contributed by atoms with van der Waals surface area (Å²) >= 11 is 1.55. The molecule has 262 valence electrons. The van der Waals surface area contributed by atoms with Gasteiger partial charge in [-0.25, -0.2) is 4.79 Å². The first-order valence-electron chi connectivity index (χ1n) is 17.0. The molecular weight excluding hydrogens is 637 g/mol. The molecule has 0 amide bonds. The van der Waals surface area contributed by atoms with Crippen molar-refractivity contribution in [2.24, 2.45) is 5.92 Å². The van der Waals surface area contributed by atoms with Crippen LogP contribution in [0, 0.1) is 5.92 Å². The lowest BCUT2D eigenvalue weighted by Crippen LogP contribution is -2.69. The van der Waals surface area contributed by atoms with Gasteiger partial charge >= 0.3 is 11.9 Å². The van der Waals surface area contributed by atoms with Gasteiger partial charge in [-0.15, -0.1) is 11.8 Å². The van der Waals surface area contributed by atoms with Crippen LogP contribution in [0.3, 0.4) is 0 Å². The molecular formula is C40H56O6SSi. The molecule has 0 saturated carbocycles. The van der Waals surface area contributed by atoms with Gasteiger partial charge in [0, 0.05) is 18.4 Å². The van der Waals surface area contributed by atoms with Crippen molar-refractivity contribution in [3.8, 4) is 0 Å². The molecule has 0 saturated heterocycles. The van der Waals surface area contributed by atoms with Crippen molar-refractivity contribution in [1.82, 2.24) is 0 Å². The third kappa shape index (κ3) is 10.1. The molecule has 0 aliphatic carbocycles. The average molecular weight is 693 g/mol. The largest absolute Gasteiger partial charge is 0.456 e. The van der Waals surface area contributed by atoms with Crippen molar-refractivity contribution in [2.45, 2.75) is 111 Å². The zero-order valence-corrected chi connectivity index (χ0v) is 32.4. The molecule has 4 unspecified atom stereocenters. The molecule has 0 radical (unpaired) electrons. The molecule has 1 heterocycles. The van der Waals surface area contributed by atoms with Crippen molar-refractivity contribution >= 4 is 42.4 Å². The van der Waals surface area contributed by atoms with Gasteiger partial charge in [0.15, 0.2) is 6.10 Å². The SMILES string of the molecule is C/C=C(/C)C1CC=C(C)C(O[Si](c2ccccc2)(c2ccccc2)C(C)(C)C)C(OC(=O)CC(C)C)C(OCSC)CC=C(C)C(=O)O1. The highest BCUT2D eigenvalue weighted by Gasteiger charge is 2.53. The lowest BCUT2D eigenvalue weighted by atomic mass is 9.95. The summed E-state index contributed by atoms with van der Waals surface area (Å²) in [5.41, 5.74) is 2.34. The fraction of sp³-hybridized carbons (Fsp3) is 0.500. The van der Waals surface area contributed by atoms with Gasteiger partial charge in [0.1, 0.15) is 18.3 Å². The predicted molar refractivity (Wildman–Crippen MR) is 201 cm³/mol. The van der Waals surface area contributed by atoms with Gasteiger partial charge in [-0.1, -0.05) is 114 Å². The highest BCUT2D eigenvalue weighted by atomic mass is 32.2. The maximum absolute atomic E-state index is 13.6. The van der Waals surface area contributed by atoms with Crippen molar-refractivity contribution < 1.29 is 28.2 Å². The first-order chi connectivity index (χ1) is 22.7. The van der Waals surface area contributed by atoms with E-state index in [1.807, 2.05) is 65.2 Å². The Labute approximate surface area is 294 Å². The molecule has 0 N–H and O–H groups in total. The van der Waals surface area contributed by atoms with E-state index < -0.39 is 32.7 Å². The molecule has 48 heavy (non-hydrogen) atoms. The normalized spacial score (nSPS) is 21.8. The molecule has 1 aliphatic rings.